The van der Waals surface area contributed by atoms with Crippen molar-refractivity contribution in [2.24, 2.45) is 0 Å². The molecule has 0 unspecified atom stereocenters. The van der Waals surface area contributed by atoms with Crippen LogP contribution in [0, 0.1) is 24.4 Å². The van der Waals surface area contributed by atoms with Gasteiger partial charge in [-0.3, -0.25) is 0 Å². The van der Waals surface area contributed by atoms with Gasteiger partial charge in [-0.1, -0.05) is 55.5 Å². The number of hydrogen-bond donors (Lipinski definition) is 0. The van der Waals surface area contributed by atoms with Crippen molar-refractivity contribution in [3.05, 3.63) is 93.8 Å². The van der Waals surface area contributed by atoms with E-state index in [1.165, 1.54) is 19.1 Å². The maximum Gasteiger partial charge on any atom is 0.346 e. The van der Waals surface area contributed by atoms with E-state index in [2.05, 4.69) is 0 Å². The van der Waals surface area contributed by atoms with Crippen molar-refractivity contribution in [2.45, 2.75) is 26.7 Å². The molecule has 0 spiro atoms. The van der Waals surface area contributed by atoms with E-state index in [1.807, 2.05) is 6.92 Å². The third-order valence-electron chi connectivity index (χ3n) is 5.20. The quantitative estimate of drug-likeness (QED) is 0.371. The van der Waals surface area contributed by atoms with E-state index in [4.69, 9.17) is 4.42 Å². The molecule has 0 aliphatic heterocycles. The van der Waals surface area contributed by atoms with Crippen LogP contribution in [-0.2, 0) is 6.42 Å². The van der Waals surface area contributed by atoms with Gasteiger partial charge in [0, 0.05) is 17.5 Å². The first kappa shape index (κ1) is 20.0. The Kier molecular flexibility index (Phi) is 5.20. The summed E-state index contributed by atoms with van der Waals surface area (Å²) in [7, 11) is 0. The molecule has 0 saturated heterocycles. The van der Waals surface area contributed by atoms with Gasteiger partial charge < -0.3 is 4.42 Å². The molecule has 0 fully saturated rings. The minimum Gasteiger partial charge on any atom is -0.427 e. The average molecular weight is 408 g/mol. The number of rotatable bonds is 4. The Morgan fingerprint density at radius 2 is 1.40 bits per heavy atom. The molecule has 4 rings (SSSR count). The number of halogens is 3. The molecule has 30 heavy (non-hydrogen) atoms. The van der Waals surface area contributed by atoms with Crippen LogP contribution >= 0.6 is 0 Å². The van der Waals surface area contributed by atoms with Crippen molar-refractivity contribution in [2.75, 3.05) is 0 Å². The Labute approximate surface area is 171 Å². The standard InChI is InChI=1S/C25H19F3O2/c1-3-4-18-13-17-10-12-19(23(27)21(17)25(29)30-18)15-6-8-16(9-7-15)20-11-5-14(2)22(26)24(20)28/h5-13H,3-4H2,1-2H3. The maximum atomic E-state index is 15.1. The molecule has 152 valence electrons. The Balaban J connectivity index is 1.77. The van der Waals surface area contributed by atoms with Gasteiger partial charge in [-0.2, -0.15) is 0 Å². The van der Waals surface area contributed by atoms with E-state index in [9.17, 15) is 13.6 Å². The Bertz CT molecular complexity index is 1310. The van der Waals surface area contributed by atoms with Crippen LogP contribution in [0.1, 0.15) is 24.7 Å². The lowest BCUT2D eigenvalue weighted by atomic mass is 9.97. The molecule has 0 aliphatic rings. The van der Waals surface area contributed by atoms with E-state index < -0.39 is 23.1 Å². The minimum absolute atomic E-state index is 0.0944. The summed E-state index contributed by atoms with van der Waals surface area (Å²) < 4.78 is 48.5. The molecule has 1 aromatic heterocycles. The van der Waals surface area contributed by atoms with Crippen LogP contribution in [0.15, 0.2) is 63.8 Å². The molecular formula is C25H19F3O2. The van der Waals surface area contributed by atoms with Crippen molar-refractivity contribution in [3.63, 3.8) is 0 Å². The fraction of sp³-hybridized carbons (Fsp3) is 0.160. The first-order valence-corrected chi connectivity index (χ1v) is 9.71. The van der Waals surface area contributed by atoms with Gasteiger partial charge in [-0.05, 0) is 41.5 Å². The van der Waals surface area contributed by atoms with Gasteiger partial charge >= 0.3 is 5.63 Å². The van der Waals surface area contributed by atoms with Crippen molar-refractivity contribution < 1.29 is 17.6 Å². The van der Waals surface area contributed by atoms with E-state index in [1.54, 1.807) is 42.5 Å². The molecule has 0 amide bonds. The van der Waals surface area contributed by atoms with Crippen LogP contribution in [0.5, 0.6) is 0 Å². The van der Waals surface area contributed by atoms with Crippen LogP contribution in [0.3, 0.4) is 0 Å². The zero-order valence-electron chi connectivity index (χ0n) is 16.6. The first-order valence-electron chi connectivity index (χ1n) is 9.71. The van der Waals surface area contributed by atoms with Crippen molar-refractivity contribution in [1.29, 1.82) is 0 Å². The summed E-state index contributed by atoms with van der Waals surface area (Å²) in [5, 5.41) is 0.396. The summed E-state index contributed by atoms with van der Waals surface area (Å²) >= 11 is 0. The van der Waals surface area contributed by atoms with Gasteiger partial charge in [0.2, 0.25) is 0 Å². The Morgan fingerprint density at radius 1 is 0.800 bits per heavy atom. The van der Waals surface area contributed by atoms with E-state index in [0.717, 1.165) is 6.42 Å². The van der Waals surface area contributed by atoms with Gasteiger partial charge in [-0.15, -0.1) is 0 Å². The lowest BCUT2D eigenvalue weighted by molar-refractivity contribution is 0.462. The molecule has 0 aliphatic carbocycles. The van der Waals surface area contributed by atoms with Crippen LogP contribution in [0.4, 0.5) is 13.2 Å². The second kappa shape index (κ2) is 7.82. The Morgan fingerprint density at radius 3 is 2.03 bits per heavy atom. The van der Waals surface area contributed by atoms with Crippen LogP contribution < -0.4 is 5.63 Å². The second-order valence-corrected chi connectivity index (χ2v) is 7.28. The highest BCUT2D eigenvalue weighted by Crippen LogP contribution is 2.31. The molecule has 5 heteroatoms. The van der Waals surface area contributed by atoms with Gasteiger partial charge in [0.15, 0.2) is 11.6 Å². The molecule has 1 heterocycles. The molecule has 0 saturated carbocycles. The third-order valence-corrected chi connectivity index (χ3v) is 5.20. The van der Waals surface area contributed by atoms with Crippen LogP contribution in [-0.4, -0.2) is 0 Å². The fourth-order valence-corrected chi connectivity index (χ4v) is 3.58. The highest BCUT2D eigenvalue weighted by molar-refractivity contribution is 5.87. The van der Waals surface area contributed by atoms with Crippen LogP contribution in [0.2, 0.25) is 0 Å². The normalized spacial score (nSPS) is 11.2. The summed E-state index contributed by atoms with van der Waals surface area (Å²) in [6, 6.07) is 14.4. The SMILES string of the molecule is CCCc1cc2ccc(-c3ccc(-c4ccc(C)c(F)c4F)cc3)c(F)c2c(=O)o1. The summed E-state index contributed by atoms with van der Waals surface area (Å²) in [5.74, 6) is -1.94. The summed E-state index contributed by atoms with van der Waals surface area (Å²) in [6.07, 6.45) is 1.42. The Hall–Kier alpha value is -3.34. The van der Waals surface area contributed by atoms with Gasteiger partial charge in [0.25, 0.3) is 0 Å². The number of fused-ring (bicyclic) bond motifs is 1. The predicted molar refractivity (Wildman–Crippen MR) is 112 cm³/mol. The number of aryl methyl sites for hydroxylation is 2. The summed E-state index contributed by atoms with van der Waals surface area (Å²) in [4.78, 5) is 12.3. The topological polar surface area (TPSA) is 30.2 Å². The second-order valence-electron chi connectivity index (χ2n) is 7.28. The zero-order chi connectivity index (χ0) is 21.4. The fourth-order valence-electron chi connectivity index (χ4n) is 3.58. The zero-order valence-corrected chi connectivity index (χ0v) is 16.6. The van der Waals surface area contributed by atoms with E-state index in [-0.39, 0.29) is 22.1 Å². The first-order chi connectivity index (χ1) is 14.4. The maximum absolute atomic E-state index is 15.1. The minimum atomic E-state index is -0.917. The third kappa shape index (κ3) is 3.41. The van der Waals surface area contributed by atoms with Crippen molar-refractivity contribution >= 4 is 10.8 Å². The lowest BCUT2D eigenvalue weighted by Gasteiger charge is -2.10. The lowest BCUT2D eigenvalue weighted by Crippen LogP contribution is -2.05. The molecule has 0 bridgehead atoms. The van der Waals surface area contributed by atoms with Crippen molar-refractivity contribution in [3.8, 4) is 22.3 Å². The predicted octanol–water partition coefficient (Wildman–Crippen LogP) is 6.81. The summed E-state index contributed by atoms with van der Waals surface area (Å²) in [5.41, 5.74) is 0.882. The highest BCUT2D eigenvalue weighted by Gasteiger charge is 2.16. The molecule has 0 N–H and O–H groups in total. The molecule has 0 radical (unpaired) electrons. The average Bonchev–Trinajstić information content (AvgIpc) is 2.73. The molecule has 2 nitrogen and oxygen atoms in total. The number of hydrogen-bond acceptors (Lipinski definition) is 2. The van der Waals surface area contributed by atoms with Gasteiger partial charge in [0.05, 0.1) is 0 Å². The summed E-state index contributed by atoms with van der Waals surface area (Å²) in [6.45, 7) is 3.46. The smallest absolute Gasteiger partial charge is 0.346 e. The molecule has 3 aromatic carbocycles. The van der Waals surface area contributed by atoms with Crippen LogP contribution in [0.25, 0.3) is 33.0 Å². The molecule has 4 aromatic rings. The van der Waals surface area contributed by atoms with E-state index >= 15 is 4.39 Å². The highest BCUT2D eigenvalue weighted by atomic mass is 19.2. The molecule has 0 atom stereocenters. The monoisotopic (exact) mass is 408 g/mol. The largest absolute Gasteiger partial charge is 0.427 e. The molecular weight excluding hydrogens is 389 g/mol. The van der Waals surface area contributed by atoms with Gasteiger partial charge in [0.1, 0.15) is 17.0 Å². The van der Waals surface area contributed by atoms with Crippen molar-refractivity contribution in [1.82, 2.24) is 0 Å². The van der Waals surface area contributed by atoms with Gasteiger partial charge in [-0.25, -0.2) is 18.0 Å². The number of benzene rings is 3. The van der Waals surface area contributed by atoms with E-state index in [0.29, 0.717) is 28.7 Å².